The smallest absolute Gasteiger partial charge is 0.0392 e. The van der Waals surface area contributed by atoms with Gasteiger partial charge in [-0.2, -0.15) is 0 Å². The number of thiophene rings is 1. The molecule has 0 radical (unpaired) electrons. The molecular weight excluding hydrogens is 308 g/mol. The van der Waals surface area contributed by atoms with Gasteiger partial charge in [-0.05, 0) is 53.9 Å². The van der Waals surface area contributed by atoms with Crippen molar-refractivity contribution < 1.29 is 0 Å². The van der Waals surface area contributed by atoms with E-state index in [1.54, 1.807) is 0 Å². The summed E-state index contributed by atoms with van der Waals surface area (Å²) in [6, 6.07) is 14.1. The Morgan fingerprint density at radius 3 is 2.42 bits per heavy atom. The molecular formula is C23H30S. The molecule has 0 N–H and O–H groups in total. The Balaban J connectivity index is 2.21. The Morgan fingerprint density at radius 2 is 1.75 bits per heavy atom. The molecule has 1 unspecified atom stereocenters. The van der Waals surface area contributed by atoms with Gasteiger partial charge in [-0.25, -0.2) is 0 Å². The monoisotopic (exact) mass is 338 g/mol. The second-order valence-electron chi connectivity index (χ2n) is 7.50. The quantitative estimate of drug-likeness (QED) is 0.426. The van der Waals surface area contributed by atoms with E-state index in [4.69, 9.17) is 0 Å². The molecule has 128 valence electrons. The third-order valence-electron chi connectivity index (χ3n) is 6.02. The van der Waals surface area contributed by atoms with E-state index < -0.39 is 0 Å². The van der Waals surface area contributed by atoms with Crippen LogP contribution in [0.4, 0.5) is 0 Å². The fraction of sp³-hybridized carbons (Fsp3) is 0.478. The number of fused-ring (bicyclic) bond motifs is 3. The molecule has 0 fully saturated rings. The topological polar surface area (TPSA) is 0 Å². The van der Waals surface area contributed by atoms with E-state index in [2.05, 4.69) is 71.0 Å². The molecule has 3 rings (SSSR count). The van der Waals surface area contributed by atoms with Gasteiger partial charge in [0.2, 0.25) is 0 Å². The number of hydrogen-bond acceptors (Lipinski definition) is 1. The molecule has 0 amide bonds. The molecule has 24 heavy (non-hydrogen) atoms. The van der Waals surface area contributed by atoms with Gasteiger partial charge in [0.05, 0.1) is 0 Å². The molecule has 1 atom stereocenters. The second kappa shape index (κ2) is 6.88. The van der Waals surface area contributed by atoms with Crippen molar-refractivity contribution in [3.8, 4) is 0 Å². The van der Waals surface area contributed by atoms with Gasteiger partial charge in [-0.1, -0.05) is 65.3 Å². The van der Waals surface area contributed by atoms with Crippen LogP contribution in [0.25, 0.3) is 20.2 Å². The van der Waals surface area contributed by atoms with E-state index in [0.29, 0.717) is 5.92 Å². The van der Waals surface area contributed by atoms with Gasteiger partial charge in [0.15, 0.2) is 0 Å². The van der Waals surface area contributed by atoms with Gasteiger partial charge in [0.25, 0.3) is 0 Å². The first kappa shape index (κ1) is 17.5. The SMILES string of the molecule is CCCC(C)c1ccc2sc3c(C(C)(CC)CC)cccc3c2c1. The second-order valence-corrected chi connectivity index (χ2v) is 8.55. The fourth-order valence-corrected chi connectivity index (χ4v) is 5.18. The molecule has 1 aromatic heterocycles. The van der Waals surface area contributed by atoms with Crippen LogP contribution in [0, 0.1) is 0 Å². The Bertz CT molecular complexity index is 836. The van der Waals surface area contributed by atoms with Gasteiger partial charge in [0, 0.05) is 20.2 Å². The van der Waals surface area contributed by atoms with Crippen molar-refractivity contribution in [3.05, 3.63) is 47.5 Å². The lowest BCUT2D eigenvalue weighted by atomic mass is 9.77. The van der Waals surface area contributed by atoms with E-state index in [0.717, 1.165) is 0 Å². The summed E-state index contributed by atoms with van der Waals surface area (Å²) in [4.78, 5) is 0. The maximum Gasteiger partial charge on any atom is 0.0392 e. The van der Waals surface area contributed by atoms with Crippen molar-refractivity contribution in [2.24, 2.45) is 0 Å². The predicted molar refractivity (Wildman–Crippen MR) is 111 cm³/mol. The third-order valence-corrected chi connectivity index (χ3v) is 7.24. The van der Waals surface area contributed by atoms with Gasteiger partial charge in [-0.15, -0.1) is 11.3 Å². The van der Waals surface area contributed by atoms with Crippen molar-refractivity contribution in [1.29, 1.82) is 0 Å². The Kier molecular flexibility index (Phi) is 5.01. The fourth-order valence-electron chi connectivity index (χ4n) is 3.83. The maximum atomic E-state index is 2.45. The first-order chi connectivity index (χ1) is 11.5. The first-order valence-corrected chi connectivity index (χ1v) is 10.3. The van der Waals surface area contributed by atoms with Crippen LogP contribution in [0.2, 0.25) is 0 Å². The third kappa shape index (κ3) is 2.88. The van der Waals surface area contributed by atoms with E-state index in [-0.39, 0.29) is 5.41 Å². The van der Waals surface area contributed by atoms with Crippen LogP contribution >= 0.6 is 11.3 Å². The molecule has 0 aliphatic heterocycles. The highest BCUT2D eigenvalue weighted by Gasteiger charge is 2.25. The van der Waals surface area contributed by atoms with Gasteiger partial charge < -0.3 is 0 Å². The van der Waals surface area contributed by atoms with Crippen LogP contribution in [0.15, 0.2) is 36.4 Å². The van der Waals surface area contributed by atoms with Crippen LogP contribution in [-0.4, -0.2) is 0 Å². The van der Waals surface area contributed by atoms with Crippen LogP contribution in [-0.2, 0) is 5.41 Å². The lowest BCUT2D eigenvalue weighted by molar-refractivity contribution is 0.443. The minimum Gasteiger partial charge on any atom is -0.135 e. The molecule has 0 spiro atoms. The average Bonchev–Trinajstić information content (AvgIpc) is 2.99. The molecule has 0 saturated heterocycles. The van der Waals surface area contributed by atoms with Crippen LogP contribution in [0.1, 0.15) is 77.3 Å². The zero-order valence-corrected chi connectivity index (χ0v) is 16.6. The average molecular weight is 339 g/mol. The summed E-state index contributed by atoms with van der Waals surface area (Å²) in [6.45, 7) is 11.7. The minimum atomic E-state index is 0.277. The first-order valence-electron chi connectivity index (χ1n) is 9.49. The van der Waals surface area contributed by atoms with Crippen molar-refractivity contribution in [2.45, 2.75) is 71.6 Å². The largest absolute Gasteiger partial charge is 0.135 e. The predicted octanol–water partition coefficient (Wildman–Crippen LogP) is 8.04. The molecule has 0 saturated carbocycles. The molecule has 1 heterocycles. The molecule has 0 aliphatic rings. The number of benzene rings is 2. The van der Waals surface area contributed by atoms with E-state index in [9.17, 15) is 0 Å². The van der Waals surface area contributed by atoms with E-state index >= 15 is 0 Å². The maximum absolute atomic E-state index is 2.45. The summed E-state index contributed by atoms with van der Waals surface area (Å²) in [7, 11) is 0. The van der Waals surface area contributed by atoms with Crippen molar-refractivity contribution in [3.63, 3.8) is 0 Å². The lowest BCUT2D eigenvalue weighted by Crippen LogP contribution is -2.19. The molecule has 3 aromatic rings. The molecule has 0 aliphatic carbocycles. The molecule has 0 nitrogen and oxygen atoms in total. The van der Waals surface area contributed by atoms with Gasteiger partial charge >= 0.3 is 0 Å². The highest BCUT2D eigenvalue weighted by molar-refractivity contribution is 7.26. The Hall–Kier alpha value is -1.34. The standard InChI is InChI=1S/C23H30S/c1-6-10-16(4)17-13-14-21-19(15-17)18-11-9-12-20(22(18)24-21)23(5,7-2)8-3/h9,11-16H,6-8,10H2,1-5H3. The zero-order chi connectivity index (χ0) is 17.3. The number of rotatable bonds is 6. The number of hydrogen-bond donors (Lipinski definition) is 0. The molecule has 0 bridgehead atoms. The lowest BCUT2D eigenvalue weighted by Gasteiger charge is -2.28. The van der Waals surface area contributed by atoms with Gasteiger partial charge in [0.1, 0.15) is 0 Å². The van der Waals surface area contributed by atoms with E-state index in [1.165, 1.54) is 57.0 Å². The van der Waals surface area contributed by atoms with Crippen molar-refractivity contribution in [1.82, 2.24) is 0 Å². The normalized spacial score (nSPS) is 13.7. The van der Waals surface area contributed by atoms with E-state index in [1.807, 2.05) is 11.3 Å². The molecule has 2 aromatic carbocycles. The van der Waals surface area contributed by atoms with Gasteiger partial charge in [-0.3, -0.25) is 0 Å². The van der Waals surface area contributed by atoms with Crippen LogP contribution in [0.5, 0.6) is 0 Å². The van der Waals surface area contributed by atoms with Crippen LogP contribution in [0.3, 0.4) is 0 Å². The summed E-state index contributed by atoms with van der Waals surface area (Å²) >= 11 is 1.98. The minimum absolute atomic E-state index is 0.277. The highest BCUT2D eigenvalue weighted by atomic mass is 32.1. The van der Waals surface area contributed by atoms with Crippen molar-refractivity contribution >= 4 is 31.5 Å². The summed E-state index contributed by atoms with van der Waals surface area (Å²) < 4.78 is 2.93. The summed E-state index contributed by atoms with van der Waals surface area (Å²) in [5.41, 5.74) is 3.30. The Labute approximate surface area is 150 Å². The summed E-state index contributed by atoms with van der Waals surface area (Å²) in [6.07, 6.45) is 4.90. The molecule has 1 heteroatoms. The summed E-state index contributed by atoms with van der Waals surface area (Å²) in [5, 5.41) is 2.90. The van der Waals surface area contributed by atoms with Crippen LogP contribution < -0.4 is 0 Å². The van der Waals surface area contributed by atoms with Crippen molar-refractivity contribution in [2.75, 3.05) is 0 Å². The highest BCUT2D eigenvalue weighted by Crippen LogP contribution is 2.43. The zero-order valence-electron chi connectivity index (χ0n) is 15.8. The summed E-state index contributed by atoms with van der Waals surface area (Å²) in [5.74, 6) is 0.647. The Morgan fingerprint density at radius 1 is 1.00 bits per heavy atom.